The summed E-state index contributed by atoms with van der Waals surface area (Å²) in [7, 11) is 1.81. The van der Waals surface area contributed by atoms with E-state index in [9.17, 15) is 9.18 Å². The molecule has 1 heterocycles. The van der Waals surface area contributed by atoms with Crippen LogP contribution in [0.5, 0.6) is 0 Å². The van der Waals surface area contributed by atoms with Gasteiger partial charge in [-0.2, -0.15) is 0 Å². The molecule has 3 aromatic carbocycles. The van der Waals surface area contributed by atoms with Gasteiger partial charge in [0.15, 0.2) is 0 Å². The molecular formula is C26H26FN3O. The summed E-state index contributed by atoms with van der Waals surface area (Å²) in [5, 5.41) is 0. The number of halogens is 1. The summed E-state index contributed by atoms with van der Waals surface area (Å²) in [5.74, 6) is 0.406. The molecule has 0 aliphatic rings. The third kappa shape index (κ3) is 4.50. The van der Waals surface area contributed by atoms with Crippen LogP contribution in [0.3, 0.4) is 0 Å². The van der Waals surface area contributed by atoms with Crippen LogP contribution in [-0.2, 0) is 24.3 Å². The molecule has 0 spiro atoms. The number of imidazole rings is 1. The van der Waals surface area contributed by atoms with Crippen molar-refractivity contribution >= 4 is 16.9 Å². The number of carbonyl (C=O) groups excluding carboxylic acids is 1. The zero-order valence-corrected chi connectivity index (χ0v) is 18.1. The van der Waals surface area contributed by atoms with Crippen molar-refractivity contribution in [3.05, 3.63) is 101 Å². The van der Waals surface area contributed by atoms with Crippen LogP contribution >= 0.6 is 0 Å². The Morgan fingerprint density at radius 1 is 1.00 bits per heavy atom. The minimum atomic E-state index is -0.263. The number of fused-ring (bicyclic) bond motifs is 1. The molecule has 4 nitrogen and oxygen atoms in total. The smallest absolute Gasteiger partial charge is 0.242 e. The van der Waals surface area contributed by atoms with Crippen molar-refractivity contribution in [3.63, 3.8) is 0 Å². The zero-order valence-electron chi connectivity index (χ0n) is 18.1. The summed E-state index contributed by atoms with van der Waals surface area (Å²) in [5.41, 5.74) is 5.65. The highest BCUT2D eigenvalue weighted by molar-refractivity contribution is 5.82. The number of nitrogens with zero attached hydrogens (tertiary/aromatic N) is 3. The summed E-state index contributed by atoms with van der Waals surface area (Å²) in [6.07, 6.45) is 0.329. The molecule has 0 aliphatic carbocycles. The van der Waals surface area contributed by atoms with Crippen molar-refractivity contribution < 1.29 is 9.18 Å². The SMILES string of the molecule is Cc1cc2nc(Cc3ccccc3F)n(CC(=O)N(C)Cc3ccccc3)c2cc1C. The molecule has 0 N–H and O–H groups in total. The van der Waals surface area contributed by atoms with Crippen molar-refractivity contribution in [1.82, 2.24) is 14.5 Å². The van der Waals surface area contributed by atoms with E-state index in [2.05, 4.69) is 6.07 Å². The molecule has 0 unspecified atom stereocenters. The van der Waals surface area contributed by atoms with E-state index < -0.39 is 0 Å². The zero-order chi connectivity index (χ0) is 22.0. The fraction of sp³-hybridized carbons (Fsp3) is 0.231. The summed E-state index contributed by atoms with van der Waals surface area (Å²) in [6, 6.07) is 20.7. The number of likely N-dealkylation sites (N-methyl/N-ethyl adjacent to an activating group) is 1. The predicted molar refractivity (Wildman–Crippen MR) is 121 cm³/mol. The highest BCUT2D eigenvalue weighted by atomic mass is 19.1. The number of aromatic nitrogens is 2. The molecule has 0 bridgehead atoms. The normalized spacial score (nSPS) is 11.1. The Morgan fingerprint density at radius 2 is 1.68 bits per heavy atom. The maximum atomic E-state index is 14.3. The maximum Gasteiger partial charge on any atom is 0.242 e. The van der Waals surface area contributed by atoms with Crippen LogP contribution in [0.2, 0.25) is 0 Å². The Hall–Kier alpha value is -3.47. The van der Waals surface area contributed by atoms with Crippen molar-refractivity contribution in [2.24, 2.45) is 0 Å². The van der Waals surface area contributed by atoms with Gasteiger partial charge in [0.05, 0.1) is 11.0 Å². The molecule has 1 aromatic heterocycles. The molecule has 158 valence electrons. The largest absolute Gasteiger partial charge is 0.340 e. The molecule has 0 aliphatic heterocycles. The monoisotopic (exact) mass is 415 g/mol. The maximum absolute atomic E-state index is 14.3. The summed E-state index contributed by atoms with van der Waals surface area (Å²) in [4.78, 5) is 19.6. The van der Waals surface area contributed by atoms with Crippen LogP contribution in [0.15, 0.2) is 66.7 Å². The second kappa shape index (κ2) is 8.72. The first-order valence-electron chi connectivity index (χ1n) is 10.4. The molecule has 4 aromatic rings. The fourth-order valence-electron chi connectivity index (χ4n) is 3.75. The second-order valence-corrected chi connectivity index (χ2v) is 8.04. The van der Waals surface area contributed by atoms with E-state index in [-0.39, 0.29) is 18.3 Å². The minimum absolute atomic E-state index is 0.0174. The van der Waals surface area contributed by atoms with Gasteiger partial charge in [0.2, 0.25) is 5.91 Å². The molecule has 1 amide bonds. The quantitative estimate of drug-likeness (QED) is 0.442. The number of benzene rings is 3. The summed E-state index contributed by atoms with van der Waals surface area (Å²) >= 11 is 0. The van der Waals surface area contributed by atoms with Gasteiger partial charge in [0.25, 0.3) is 0 Å². The van der Waals surface area contributed by atoms with E-state index >= 15 is 0 Å². The van der Waals surface area contributed by atoms with E-state index in [1.807, 2.05) is 60.9 Å². The molecule has 0 saturated heterocycles. The molecule has 0 radical (unpaired) electrons. The van der Waals surface area contributed by atoms with E-state index in [1.54, 1.807) is 24.1 Å². The van der Waals surface area contributed by atoms with Crippen molar-refractivity contribution in [2.75, 3.05) is 7.05 Å². The lowest BCUT2D eigenvalue weighted by molar-refractivity contribution is -0.131. The molecule has 4 rings (SSSR count). The number of hydrogen-bond acceptors (Lipinski definition) is 2. The predicted octanol–water partition coefficient (Wildman–Crippen LogP) is 5.04. The van der Waals surface area contributed by atoms with E-state index in [0.29, 0.717) is 24.4 Å². The van der Waals surface area contributed by atoms with Gasteiger partial charge in [-0.1, -0.05) is 48.5 Å². The number of carbonyl (C=O) groups is 1. The molecule has 0 fully saturated rings. The summed E-state index contributed by atoms with van der Waals surface area (Å²) in [6.45, 7) is 4.79. The van der Waals surface area contributed by atoms with E-state index in [0.717, 1.165) is 27.7 Å². The van der Waals surface area contributed by atoms with Gasteiger partial charge in [-0.15, -0.1) is 0 Å². The van der Waals surface area contributed by atoms with Gasteiger partial charge in [0.1, 0.15) is 18.2 Å². The van der Waals surface area contributed by atoms with E-state index in [1.165, 1.54) is 6.07 Å². The standard InChI is InChI=1S/C26H26FN3O/c1-18-13-23-24(14-19(18)2)30(25(28-23)15-21-11-7-8-12-22(21)27)17-26(31)29(3)16-20-9-5-4-6-10-20/h4-14H,15-17H2,1-3H3. The highest BCUT2D eigenvalue weighted by Crippen LogP contribution is 2.23. The van der Waals surface area contributed by atoms with Crippen LogP contribution in [0.1, 0.15) is 28.1 Å². The molecular weight excluding hydrogens is 389 g/mol. The third-order valence-corrected chi connectivity index (χ3v) is 5.73. The third-order valence-electron chi connectivity index (χ3n) is 5.73. The first kappa shape index (κ1) is 20.8. The summed E-state index contributed by atoms with van der Waals surface area (Å²) < 4.78 is 16.2. The number of hydrogen-bond donors (Lipinski definition) is 0. The van der Waals surface area contributed by atoms with Crippen LogP contribution in [0.4, 0.5) is 4.39 Å². The molecule has 0 atom stereocenters. The lowest BCUT2D eigenvalue weighted by Crippen LogP contribution is -2.30. The van der Waals surface area contributed by atoms with E-state index in [4.69, 9.17) is 4.98 Å². The van der Waals surface area contributed by atoms with Gasteiger partial charge in [0, 0.05) is 20.0 Å². The van der Waals surface area contributed by atoms with Crippen LogP contribution in [-0.4, -0.2) is 27.4 Å². The van der Waals surface area contributed by atoms with Crippen LogP contribution in [0.25, 0.3) is 11.0 Å². The lowest BCUT2D eigenvalue weighted by atomic mass is 10.1. The van der Waals surface area contributed by atoms with Gasteiger partial charge < -0.3 is 9.47 Å². The Bertz CT molecular complexity index is 1230. The number of aryl methyl sites for hydroxylation is 2. The Kier molecular flexibility index (Phi) is 5.85. The second-order valence-electron chi connectivity index (χ2n) is 8.04. The highest BCUT2D eigenvalue weighted by Gasteiger charge is 2.18. The van der Waals surface area contributed by atoms with Crippen molar-refractivity contribution in [1.29, 1.82) is 0 Å². The topological polar surface area (TPSA) is 38.1 Å². The number of amides is 1. The first-order valence-corrected chi connectivity index (χ1v) is 10.4. The van der Waals surface area contributed by atoms with Gasteiger partial charge in [-0.05, 0) is 54.3 Å². The molecule has 31 heavy (non-hydrogen) atoms. The van der Waals surface area contributed by atoms with Crippen LogP contribution in [0, 0.1) is 19.7 Å². The average Bonchev–Trinajstić information content (AvgIpc) is 3.06. The van der Waals surface area contributed by atoms with Gasteiger partial charge in [-0.3, -0.25) is 4.79 Å². The minimum Gasteiger partial charge on any atom is -0.340 e. The molecule has 0 saturated carbocycles. The van der Waals surface area contributed by atoms with Crippen LogP contribution < -0.4 is 0 Å². The Balaban J connectivity index is 1.68. The fourth-order valence-corrected chi connectivity index (χ4v) is 3.75. The Labute approximate surface area is 182 Å². The van der Waals surface area contributed by atoms with Crippen molar-refractivity contribution in [3.8, 4) is 0 Å². The Morgan fingerprint density at radius 3 is 2.42 bits per heavy atom. The molecule has 5 heteroatoms. The van der Waals surface area contributed by atoms with Gasteiger partial charge in [-0.25, -0.2) is 9.37 Å². The average molecular weight is 416 g/mol. The number of rotatable bonds is 6. The lowest BCUT2D eigenvalue weighted by Gasteiger charge is -2.19. The van der Waals surface area contributed by atoms with Gasteiger partial charge >= 0.3 is 0 Å². The van der Waals surface area contributed by atoms with Crippen molar-refractivity contribution in [2.45, 2.75) is 33.4 Å². The first-order chi connectivity index (χ1) is 14.9.